The summed E-state index contributed by atoms with van der Waals surface area (Å²) in [5.41, 5.74) is 2.98. The Morgan fingerprint density at radius 2 is 2.00 bits per heavy atom. The standard InChI is InChI=1S/C17H14N4O2/c1-23-13-4-5-14-11(6-13)7-16(20-14)17(22)19-12-3-2-10-9-18-21-15(10)8-12/h2-9,20H,1H3,(H,18,21)(H,19,22). The van der Waals surface area contributed by atoms with Gasteiger partial charge in [0, 0.05) is 22.0 Å². The van der Waals surface area contributed by atoms with Crippen LogP contribution in [0.4, 0.5) is 5.69 Å². The molecular weight excluding hydrogens is 292 g/mol. The number of anilines is 1. The maximum atomic E-state index is 12.4. The first-order valence-electron chi connectivity index (χ1n) is 7.14. The van der Waals surface area contributed by atoms with Gasteiger partial charge in [-0.05, 0) is 42.5 Å². The third-order valence-corrected chi connectivity index (χ3v) is 3.77. The van der Waals surface area contributed by atoms with Crippen molar-refractivity contribution < 1.29 is 9.53 Å². The molecule has 2 aromatic heterocycles. The number of methoxy groups -OCH3 is 1. The zero-order chi connectivity index (χ0) is 15.8. The van der Waals surface area contributed by atoms with Crippen molar-refractivity contribution in [1.29, 1.82) is 0 Å². The summed E-state index contributed by atoms with van der Waals surface area (Å²) in [7, 11) is 1.62. The van der Waals surface area contributed by atoms with Gasteiger partial charge in [-0.3, -0.25) is 9.89 Å². The van der Waals surface area contributed by atoms with Gasteiger partial charge >= 0.3 is 0 Å². The molecule has 2 aromatic carbocycles. The van der Waals surface area contributed by atoms with Gasteiger partial charge in [-0.1, -0.05) is 0 Å². The van der Waals surface area contributed by atoms with E-state index < -0.39 is 0 Å². The largest absolute Gasteiger partial charge is 0.497 e. The van der Waals surface area contributed by atoms with Crippen molar-refractivity contribution in [3.63, 3.8) is 0 Å². The van der Waals surface area contributed by atoms with Crippen molar-refractivity contribution in [2.45, 2.75) is 0 Å². The van der Waals surface area contributed by atoms with Crippen molar-refractivity contribution in [3.05, 3.63) is 54.4 Å². The van der Waals surface area contributed by atoms with Gasteiger partial charge in [0.15, 0.2) is 0 Å². The van der Waals surface area contributed by atoms with Crippen LogP contribution in [0.3, 0.4) is 0 Å². The Balaban J connectivity index is 1.62. The third-order valence-electron chi connectivity index (χ3n) is 3.77. The van der Waals surface area contributed by atoms with Gasteiger partial charge < -0.3 is 15.0 Å². The monoisotopic (exact) mass is 306 g/mol. The van der Waals surface area contributed by atoms with Crippen molar-refractivity contribution in [3.8, 4) is 5.75 Å². The molecule has 6 nitrogen and oxygen atoms in total. The Bertz CT molecular complexity index is 1020. The quantitative estimate of drug-likeness (QED) is 0.543. The molecule has 0 spiro atoms. The number of rotatable bonds is 3. The number of hydrogen-bond acceptors (Lipinski definition) is 3. The number of aromatic amines is 2. The molecule has 0 atom stereocenters. The highest BCUT2D eigenvalue weighted by Gasteiger charge is 2.11. The van der Waals surface area contributed by atoms with Crippen molar-refractivity contribution in [2.24, 2.45) is 0 Å². The van der Waals surface area contributed by atoms with Gasteiger partial charge in [0.25, 0.3) is 5.91 Å². The Morgan fingerprint density at radius 1 is 1.09 bits per heavy atom. The molecule has 0 bridgehead atoms. The maximum Gasteiger partial charge on any atom is 0.272 e. The number of nitrogens with zero attached hydrogens (tertiary/aromatic N) is 1. The van der Waals surface area contributed by atoms with E-state index >= 15 is 0 Å². The van der Waals surface area contributed by atoms with E-state index in [0.717, 1.165) is 27.6 Å². The lowest BCUT2D eigenvalue weighted by Crippen LogP contribution is -2.12. The van der Waals surface area contributed by atoms with Crippen molar-refractivity contribution in [2.75, 3.05) is 12.4 Å². The number of fused-ring (bicyclic) bond motifs is 2. The van der Waals surface area contributed by atoms with Crippen LogP contribution in [0, 0.1) is 0 Å². The number of H-pyrrole nitrogens is 2. The average molecular weight is 306 g/mol. The van der Waals surface area contributed by atoms with Gasteiger partial charge in [-0.2, -0.15) is 5.10 Å². The zero-order valence-corrected chi connectivity index (χ0v) is 12.4. The Kier molecular flexibility index (Phi) is 3.01. The first kappa shape index (κ1) is 13.4. The van der Waals surface area contributed by atoms with Crippen LogP contribution in [-0.4, -0.2) is 28.2 Å². The summed E-state index contributed by atoms with van der Waals surface area (Å²) in [6.45, 7) is 0. The number of amides is 1. The number of aromatic nitrogens is 3. The maximum absolute atomic E-state index is 12.4. The Labute approximate surface area is 131 Å². The van der Waals surface area contributed by atoms with Gasteiger partial charge in [0.2, 0.25) is 0 Å². The highest BCUT2D eigenvalue weighted by Crippen LogP contribution is 2.22. The lowest BCUT2D eigenvalue weighted by molar-refractivity contribution is 0.102. The van der Waals surface area contributed by atoms with Gasteiger partial charge in [-0.15, -0.1) is 0 Å². The molecule has 0 radical (unpaired) electrons. The van der Waals surface area contributed by atoms with E-state index in [1.165, 1.54) is 0 Å². The van der Waals surface area contributed by atoms with Gasteiger partial charge in [0.05, 0.1) is 18.8 Å². The summed E-state index contributed by atoms with van der Waals surface area (Å²) in [5, 5.41) is 11.7. The first-order chi connectivity index (χ1) is 11.2. The number of ether oxygens (including phenoxy) is 1. The van der Waals surface area contributed by atoms with E-state index in [-0.39, 0.29) is 5.91 Å². The highest BCUT2D eigenvalue weighted by molar-refractivity contribution is 6.06. The summed E-state index contributed by atoms with van der Waals surface area (Å²) in [5.74, 6) is 0.562. The van der Waals surface area contributed by atoms with E-state index in [1.54, 1.807) is 13.3 Å². The molecule has 4 rings (SSSR count). The minimum Gasteiger partial charge on any atom is -0.497 e. The fourth-order valence-corrected chi connectivity index (χ4v) is 2.57. The molecule has 2 heterocycles. The minimum atomic E-state index is -0.195. The Hall–Kier alpha value is -3.28. The summed E-state index contributed by atoms with van der Waals surface area (Å²) < 4.78 is 5.20. The van der Waals surface area contributed by atoms with Crippen LogP contribution in [0.1, 0.15) is 10.5 Å². The van der Waals surface area contributed by atoms with E-state index in [9.17, 15) is 4.79 Å². The van der Waals surface area contributed by atoms with Crippen LogP contribution in [0.2, 0.25) is 0 Å². The molecule has 3 N–H and O–H groups in total. The fraction of sp³-hybridized carbons (Fsp3) is 0.0588. The smallest absolute Gasteiger partial charge is 0.272 e. The first-order valence-corrected chi connectivity index (χ1v) is 7.14. The molecule has 0 aliphatic carbocycles. The second-order valence-corrected chi connectivity index (χ2v) is 5.26. The third kappa shape index (κ3) is 2.40. The number of nitrogens with one attached hydrogen (secondary N) is 3. The van der Waals surface area contributed by atoms with E-state index in [0.29, 0.717) is 11.4 Å². The highest BCUT2D eigenvalue weighted by atomic mass is 16.5. The van der Waals surface area contributed by atoms with Crippen LogP contribution >= 0.6 is 0 Å². The molecule has 4 aromatic rings. The minimum absolute atomic E-state index is 0.195. The predicted octanol–water partition coefficient (Wildman–Crippen LogP) is 3.31. The average Bonchev–Trinajstić information content (AvgIpc) is 3.19. The molecule has 6 heteroatoms. The lowest BCUT2D eigenvalue weighted by Gasteiger charge is -2.03. The van der Waals surface area contributed by atoms with E-state index in [1.807, 2.05) is 42.5 Å². The number of hydrogen-bond donors (Lipinski definition) is 3. The second kappa shape index (κ2) is 5.17. The number of carbonyl (C=O) groups excluding carboxylic acids is 1. The summed E-state index contributed by atoms with van der Waals surface area (Å²) in [6, 6.07) is 13.0. The van der Waals surface area contributed by atoms with E-state index in [2.05, 4.69) is 20.5 Å². The summed E-state index contributed by atoms with van der Waals surface area (Å²) in [6.07, 6.45) is 1.74. The lowest BCUT2D eigenvalue weighted by atomic mass is 10.2. The van der Waals surface area contributed by atoms with Crippen LogP contribution in [0.15, 0.2) is 48.7 Å². The zero-order valence-electron chi connectivity index (χ0n) is 12.4. The number of benzene rings is 2. The van der Waals surface area contributed by atoms with Crippen LogP contribution in [-0.2, 0) is 0 Å². The molecule has 0 aliphatic rings. The van der Waals surface area contributed by atoms with Crippen molar-refractivity contribution >= 4 is 33.4 Å². The molecule has 0 unspecified atom stereocenters. The van der Waals surface area contributed by atoms with Crippen molar-refractivity contribution in [1.82, 2.24) is 15.2 Å². The summed E-state index contributed by atoms with van der Waals surface area (Å²) in [4.78, 5) is 15.5. The molecule has 1 amide bonds. The second-order valence-electron chi connectivity index (χ2n) is 5.26. The van der Waals surface area contributed by atoms with Crippen LogP contribution in [0.5, 0.6) is 5.75 Å². The molecule has 114 valence electrons. The van der Waals surface area contributed by atoms with Gasteiger partial charge in [0.1, 0.15) is 11.4 Å². The van der Waals surface area contributed by atoms with Crippen LogP contribution < -0.4 is 10.1 Å². The number of carbonyl (C=O) groups is 1. The van der Waals surface area contributed by atoms with Crippen LogP contribution in [0.25, 0.3) is 21.8 Å². The van der Waals surface area contributed by atoms with E-state index in [4.69, 9.17) is 4.74 Å². The Morgan fingerprint density at radius 3 is 2.87 bits per heavy atom. The van der Waals surface area contributed by atoms with Gasteiger partial charge in [-0.25, -0.2) is 0 Å². The fourth-order valence-electron chi connectivity index (χ4n) is 2.57. The molecule has 0 saturated carbocycles. The molecule has 0 fully saturated rings. The molecular formula is C17H14N4O2. The SMILES string of the molecule is COc1ccc2[nH]c(C(=O)Nc3ccc4cn[nH]c4c3)cc2c1. The predicted molar refractivity (Wildman–Crippen MR) is 88.9 cm³/mol. The molecule has 23 heavy (non-hydrogen) atoms. The molecule has 0 saturated heterocycles. The normalized spacial score (nSPS) is 11.0. The topological polar surface area (TPSA) is 82.8 Å². The summed E-state index contributed by atoms with van der Waals surface area (Å²) >= 11 is 0. The molecule has 0 aliphatic heterocycles.